The van der Waals surface area contributed by atoms with E-state index in [1.54, 1.807) is 0 Å². The molecule has 2 N–H and O–H groups in total. The molecular weight excluding hydrogens is 226 g/mol. The molecule has 0 aromatic heterocycles. The van der Waals surface area contributed by atoms with Gasteiger partial charge in [-0.05, 0) is 18.2 Å². The molecule has 0 unspecified atom stereocenters. The third-order valence-electron chi connectivity index (χ3n) is 1.25. The van der Waals surface area contributed by atoms with Crippen molar-refractivity contribution in [2.45, 2.75) is 6.18 Å². The molecule has 0 fully saturated rings. The minimum Gasteiger partial charge on any atom is -0.399 e. The van der Waals surface area contributed by atoms with Gasteiger partial charge in [0.25, 0.3) is 0 Å². The molecule has 0 spiro atoms. The molecule has 13 heavy (non-hydrogen) atoms. The summed E-state index contributed by atoms with van der Waals surface area (Å²) < 4.78 is 36.1. The summed E-state index contributed by atoms with van der Waals surface area (Å²) in [5.41, 5.74) is 4.35. The summed E-state index contributed by atoms with van der Waals surface area (Å²) >= 11 is 5.38. The molecule has 0 amide bonds. The Labute approximate surface area is 84.1 Å². The summed E-state index contributed by atoms with van der Waals surface area (Å²) in [5.74, 6) is 0. The van der Waals surface area contributed by atoms with E-state index in [0.29, 0.717) is 0 Å². The molecule has 0 saturated heterocycles. The van der Waals surface area contributed by atoms with Crippen molar-refractivity contribution in [2.75, 3.05) is 5.73 Å². The Kier molecular flexibility index (Phi) is 3.88. The number of anilines is 1. The monoisotopic (exact) mass is 231 g/mol. The molecule has 1 aromatic carbocycles. The number of nitrogen functional groups attached to an aromatic ring is 1. The summed E-state index contributed by atoms with van der Waals surface area (Å²) in [4.78, 5) is 0. The second-order valence-corrected chi connectivity index (χ2v) is 2.71. The molecule has 1 aromatic rings. The zero-order chi connectivity index (χ0) is 9.35. The molecular formula is C7H6Cl2F3N. The first-order valence-electron chi connectivity index (χ1n) is 3.03. The topological polar surface area (TPSA) is 26.0 Å². The van der Waals surface area contributed by atoms with Crippen LogP contribution in [0.25, 0.3) is 0 Å². The first-order chi connectivity index (χ1) is 5.39. The summed E-state index contributed by atoms with van der Waals surface area (Å²) in [6.45, 7) is 0. The summed E-state index contributed by atoms with van der Waals surface area (Å²) in [6.07, 6.45) is -4.39. The molecule has 1 nitrogen and oxygen atoms in total. The molecule has 1 rings (SSSR count). The van der Waals surface area contributed by atoms with E-state index in [4.69, 9.17) is 17.3 Å². The third kappa shape index (κ3) is 3.32. The van der Waals surface area contributed by atoms with Gasteiger partial charge in [0.1, 0.15) is 0 Å². The van der Waals surface area contributed by atoms with Gasteiger partial charge in [-0.1, -0.05) is 11.6 Å². The van der Waals surface area contributed by atoms with E-state index in [9.17, 15) is 13.2 Å². The fourth-order valence-electron chi connectivity index (χ4n) is 0.776. The largest absolute Gasteiger partial charge is 0.416 e. The number of alkyl halides is 3. The van der Waals surface area contributed by atoms with Gasteiger partial charge in [-0.25, -0.2) is 0 Å². The number of hydrogen-bond acceptors (Lipinski definition) is 1. The van der Waals surface area contributed by atoms with Crippen LogP contribution >= 0.6 is 24.0 Å². The molecule has 0 heterocycles. The highest BCUT2D eigenvalue weighted by Crippen LogP contribution is 2.32. The Balaban J connectivity index is 0.00000144. The summed E-state index contributed by atoms with van der Waals surface area (Å²) in [7, 11) is 0. The van der Waals surface area contributed by atoms with Crippen molar-refractivity contribution in [1.82, 2.24) is 0 Å². The molecule has 6 heteroatoms. The van der Waals surface area contributed by atoms with Gasteiger partial charge in [-0.15, -0.1) is 12.4 Å². The van der Waals surface area contributed by atoms with Crippen LogP contribution < -0.4 is 5.73 Å². The van der Waals surface area contributed by atoms with E-state index in [1.165, 1.54) is 6.07 Å². The van der Waals surface area contributed by atoms with Gasteiger partial charge in [0.15, 0.2) is 0 Å². The average Bonchev–Trinajstić information content (AvgIpc) is 1.82. The van der Waals surface area contributed by atoms with Crippen LogP contribution in [0, 0.1) is 0 Å². The van der Waals surface area contributed by atoms with Crippen LogP contribution in [-0.4, -0.2) is 0 Å². The van der Waals surface area contributed by atoms with Gasteiger partial charge < -0.3 is 5.73 Å². The zero-order valence-electron chi connectivity index (χ0n) is 6.23. The van der Waals surface area contributed by atoms with Crippen LogP contribution in [0.5, 0.6) is 0 Å². The maximum absolute atomic E-state index is 12.0. The SMILES string of the molecule is Cl.Nc1cc(Cl)cc(C(F)(F)F)c1. The Bertz CT molecular complexity index is 278. The lowest BCUT2D eigenvalue weighted by Gasteiger charge is -2.07. The second kappa shape index (κ2) is 4.07. The molecule has 74 valence electrons. The van der Waals surface area contributed by atoms with Crippen molar-refractivity contribution in [1.29, 1.82) is 0 Å². The molecule has 0 saturated carbocycles. The number of hydrogen-bond donors (Lipinski definition) is 1. The van der Waals surface area contributed by atoms with Gasteiger partial charge in [0.2, 0.25) is 0 Å². The van der Waals surface area contributed by atoms with E-state index in [2.05, 4.69) is 0 Å². The summed E-state index contributed by atoms with van der Waals surface area (Å²) in [5, 5.41) is -0.0117. The van der Waals surface area contributed by atoms with Crippen molar-refractivity contribution in [3.8, 4) is 0 Å². The zero-order valence-corrected chi connectivity index (χ0v) is 7.80. The van der Waals surface area contributed by atoms with Gasteiger partial charge in [-0.3, -0.25) is 0 Å². The lowest BCUT2D eigenvalue weighted by molar-refractivity contribution is -0.137. The van der Waals surface area contributed by atoms with Gasteiger partial charge in [0, 0.05) is 10.7 Å². The van der Waals surface area contributed by atoms with Crippen LogP contribution in [0.3, 0.4) is 0 Å². The average molecular weight is 232 g/mol. The smallest absolute Gasteiger partial charge is 0.399 e. The highest BCUT2D eigenvalue weighted by atomic mass is 35.5. The van der Waals surface area contributed by atoms with Crippen molar-refractivity contribution < 1.29 is 13.2 Å². The van der Waals surface area contributed by atoms with Gasteiger partial charge in [0.05, 0.1) is 5.56 Å². The van der Waals surface area contributed by atoms with Crippen LogP contribution in [-0.2, 0) is 6.18 Å². The number of rotatable bonds is 0. The van der Waals surface area contributed by atoms with E-state index in [1.807, 2.05) is 0 Å². The van der Waals surface area contributed by atoms with E-state index in [-0.39, 0.29) is 23.1 Å². The normalized spacial score (nSPS) is 10.8. The Morgan fingerprint density at radius 3 is 2.08 bits per heavy atom. The lowest BCUT2D eigenvalue weighted by Crippen LogP contribution is -2.05. The molecule has 0 atom stereocenters. The molecule has 0 bridgehead atoms. The highest BCUT2D eigenvalue weighted by Gasteiger charge is 2.30. The Morgan fingerprint density at radius 1 is 1.15 bits per heavy atom. The van der Waals surface area contributed by atoms with Gasteiger partial charge in [-0.2, -0.15) is 13.2 Å². The van der Waals surface area contributed by atoms with E-state index in [0.717, 1.165) is 12.1 Å². The maximum Gasteiger partial charge on any atom is 0.416 e. The quantitative estimate of drug-likeness (QED) is 0.682. The Morgan fingerprint density at radius 2 is 1.69 bits per heavy atom. The maximum atomic E-state index is 12.0. The van der Waals surface area contributed by atoms with Crippen molar-refractivity contribution in [2.24, 2.45) is 0 Å². The molecule has 0 radical (unpaired) electrons. The predicted octanol–water partition coefficient (Wildman–Crippen LogP) is 3.36. The minimum absolute atomic E-state index is 0. The lowest BCUT2D eigenvalue weighted by atomic mass is 10.2. The first-order valence-corrected chi connectivity index (χ1v) is 3.40. The van der Waals surface area contributed by atoms with Crippen LogP contribution in [0.15, 0.2) is 18.2 Å². The third-order valence-corrected chi connectivity index (χ3v) is 1.47. The fraction of sp³-hybridized carbons (Fsp3) is 0.143. The van der Waals surface area contributed by atoms with Crippen molar-refractivity contribution >= 4 is 29.7 Å². The van der Waals surface area contributed by atoms with E-state index >= 15 is 0 Å². The van der Waals surface area contributed by atoms with Crippen molar-refractivity contribution in [3.05, 3.63) is 28.8 Å². The predicted molar refractivity (Wildman–Crippen MR) is 48.1 cm³/mol. The Hall–Kier alpha value is -0.610. The van der Waals surface area contributed by atoms with E-state index < -0.39 is 11.7 Å². The first kappa shape index (κ1) is 12.4. The number of benzene rings is 1. The summed E-state index contributed by atoms with van der Waals surface area (Å²) in [6, 6.07) is 2.93. The van der Waals surface area contributed by atoms with Crippen LogP contribution in [0.2, 0.25) is 5.02 Å². The standard InChI is InChI=1S/C7H5ClF3N.ClH/c8-5-1-4(7(9,10)11)2-6(12)3-5;/h1-3H,12H2;1H. The van der Waals surface area contributed by atoms with Crippen molar-refractivity contribution in [3.63, 3.8) is 0 Å². The highest BCUT2D eigenvalue weighted by molar-refractivity contribution is 6.30. The minimum atomic E-state index is -4.39. The molecule has 0 aliphatic rings. The molecule has 0 aliphatic heterocycles. The van der Waals surface area contributed by atoms with Gasteiger partial charge >= 0.3 is 6.18 Å². The number of nitrogens with two attached hydrogens (primary N) is 1. The molecule has 0 aliphatic carbocycles. The number of halogens is 5. The van der Waals surface area contributed by atoms with Crippen LogP contribution in [0.1, 0.15) is 5.56 Å². The second-order valence-electron chi connectivity index (χ2n) is 2.27. The fourth-order valence-corrected chi connectivity index (χ4v) is 1.02. The van der Waals surface area contributed by atoms with Crippen LogP contribution in [0.4, 0.5) is 18.9 Å².